The highest BCUT2D eigenvalue weighted by atomic mass is 16.5. The van der Waals surface area contributed by atoms with Crippen LogP contribution in [0.15, 0.2) is 30.3 Å². The standard InChI is InChI=1S/C27H44O5/c1-3-4-9-18-26(32-23(2)28)19-13-7-5-6-12-17-25(20-14-21-27(29)30)31-22-24-15-10-8-11-16-24/h8,10-11,15-16,25-26H,3-7,9,12-14,17-22H2,1-2H3,(H,29,30). The molecule has 0 aliphatic rings. The smallest absolute Gasteiger partial charge is 0.303 e. The van der Waals surface area contributed by atoms with Gasteiger partial charge in [0.05, 0.1) is 12.7 Å². The Morgan fingerprint density at radius 1 is 0.812 bits per heavy atom. The number of unbranched alkanes of at least 4 members (excludes halogenated alkanes) is 6. The number of aliphatic carboxylic acids is 1. The summed E-state index contributed by atoms with van der Waals surface area (Å²) >= 11 is 0. The summed E-state index contributed by atoms with van der Waals surface area (Å²) in [6.45, 7) is 4.26. The summed E-state index contributed by atoms with van der Waals surface area (Å²) in [6, 6.07) is 10.1. The van der Waals surface area contributed by atoms with Gasteiger partial charge in [0.2, 0.25) is 0 Å². The Hall–Kier alpha value is -1.88. The molecule has 0 aliphatic heterocycles. The van der Waals surface area contributed by atoms with Crippen molar-refractivity contribution in [1.82, 2.24) is 0 Å². The lowest BCUT2D eigenvalue weighted by atomic mass is 10.0. The predicted molar refractivity (Wildman–Crippen MR) is 129 cm³/mol. The van der Waals surface area contributed by atoms with Gasteiger partial charge in [0.15, 0.2) is 0 Å². The van der Waals surface area contributed by atoms with Crippen LogP contribution in [-0.4, -0.2) is 29.3 Å². The van der Waals surface area contributed by atoms with E-state index in [1.54, 1.807) is 0 Å². The first-order chi connectivity index (χ1) is 15.5. The predicted octanol–water partition coefficient (Wildman–Crippen LogP) is 7.07. The van der Waals surface area contributed by atoms with Crippen molar-refractivity contribution >= 4 is 11.9 Å². The van der Waals surface area contributed by atoms with Crippen molar-refractivity contribution in [3.05, 3.63) is 35.9 Å². The minimum atomic E-state index is -0.742. The molecule has 0 amide bonds. The Bertz CT molecular complexity index is 601. The van der Waals surface area contributed by atoms with Crippen LogP contribution in [0.5, 0.6) is 0 Å². The third-order valence-corrected chi connectivity index (χ3v) is 5.76. The van der Waals surface area contributed by atoms with E-state index in [0.29, 0.717) is 13.0 Å². The molecular weight excluding hydrogens is 404 g/mol. The lowest BCUT2D eigenvalue weighted by molar-refractivity contribution is -0.147. The number of rotatable bonds is 20. The van der Waals surface area contributed by atoms with Crippen LogP contribution in [0.1, 0.15) is 109 Å². The molecule has 5 heteroatoms. The SMILES string of the molecule is CCCCCC(CCCCCCCC(CCCC(=O)O)OCc1ccccc1)OC(C)=O. The lowest BCUT2D eigenvalue weighted by Gasteiger charge is -2.18. The number of hydrogen-bond acceptors (Lipinski definition) is 4. The topological polar surface area (TPSA) is 72.8 Å². The fourth-order valence-electron chi connectivity index (χ4n) is 3.97. The van der Waals surface area contributed by atoms with E-state index < -0.39 is 5.97 Å². The van der Waals surface area contributed by atoms with Crippen LogP contribution in [0.3, 0.4) is 0 Å². The van der Waals surface area contributed by atoms with E-state index in [9.17, 15) is 9.59 Å². The first-order valence-corrected chi connectivity index (χ1v) is 12.6. The maximum Gasteiger partial charge on any atom is 0.303 e. The molecule has 0 bridgehead atoms. The van der Waals surface area contributed by atoms with Gasteiger partial charge in [0.25, 0.3) is 0 Å². The first kappa shape index (κ1) is 28.2. The first-order valence-electron chi connectivity index (χ1n) is 12.6. The molecular formula is C27H44O5. The Morgan fingerprint density at radius 3 is 1.97 bits per heavy atom. The van der Waals surface area contributed by atoms with Crippen LogP contribution in [0, 0.1) is 0 Å². The van der Waals surface area contributed by atoms with Gasteiger partial charge in [0, 0.05) is 13.3 Å². The Morgan fingerprint density at radius 2 is 1.38 bits per heavy atom. The normalized spacial score (nSPS) is 12.9. The Balaban J connectivity index is 2.24. The van der Waals surface area contributed by atoms with Gasteiger partial charge in [-0.3, -0.25) is 9.59 Å². The second-order valence-electron chi connectivity index (χ2n) is 8.78. The van der Waals surface area contributed by atoms with Crippen molar-refractivity contribution in [3.63, 3.8) is 0 Å². The van der Waals surface area contributed by atoms with E-state index in [1.165, 1.54) is 26.2 Å². The second kappa shape index (κ2) is 18.7. The number of esters is 1. The molecule has 1 rings (SSSR count). The Kier molecular flexibility index (Phi) is 16.4. The number of ether oxygens (including phenoxy) is 2. The third-order valence-electron chi connectivity index (χ3n) is 5.76. The Labute approximate surface area is 194 Å². The van der Waals surface area contributed by atoms with Gasteiger partial charge in [-0.25, -0.2) is 0 Å². The van der Waals surface area contributed by atoms with E-state index in [2.05, 4.69) is 19.1 Å². The van der Waals surface area contributed by atoms with Crippen LogP contribution in [0.25, 0.3) is 0 Å². The number of carboxylic acid groups (broad SMARTS) is 1. The van der Waals surface area contributed by atoms with E-state index >= 15 is 0 Å². The molecule has 0 radical (unpaired) electrons. The molecule has 0 fully saturated rings. The van der Waals surface area contributed by atoms with E-state index in [-0.39, 0.29) is 24.6 Å². The molecule has 0 spiro atoms. The summed E-state index contributed by atoms with van der Waals surface area (Å²) in [4.78, 5) is 22.1. The van der Waals surface area contributed by atoms with Crippen LogP contribution in [-0.2, 0) is 25.7 Å². The van der Waals surface area contributed by atoms with E-state index in [0.717, 1.165) is 63.4 Å². The van der Waals surface area contributed by atoms with Crippen molar-refractivity contribution in [2.75, 3.05) is 0 Å². The quantitative estimate of drug-likeness (QED) is 0.171. The maximum absolute atomic E-state index is 11.3. The zero-order valence-corrected chi connectivity index (χ0v) is 20.2. The summed E-state index contributed by atoms with van der Waals surface area (Å²) in [6.07, 6.45) is 13.9. The van der Waals surface area contributed by atoms with Crippen LogP contribution < -0.4 is 0 Å². The molecule has 0 heterocycles. The number of carbonyl (C=O) groups is 2. The summed E-state index contributed by atoms with van der Waals surface area (Å²) in [5.41, 5.74) is 1.15. The zero-order chi connectivity index (χ0) is 23.4. The van der Waals surface area contributed by atoms with Crippen molar-refractivity contribution in [2.24, 2.45) is 0 Å². The molecule has 2 atom stereocenters. The van der Waals surface area contributed by atoms with Gasteiger partial charge in [-0.15, -0.1) is 0 Å². The zero-order valence-electron chi connectivity index (χ0n) is 20.2. The summed E-state index contributed by atoms with van der Waals surface area (Å²) in [7, 11) is 0. The molecule has 1 aromatic rings. The molecule has 2 unspecified atom stereocenters. The van der Waals surface area contributed by atoms with Crippen molar-refractivity contribution in [1.29, 1.82) is 0 Å². The highest BCUT2D eigenvalue weighted by molar-refractivity contribution is 5.66. The number of benzene rings is 1. The number of carbonyl (C=O) groups excluding carboxylic acids is 1. The van der Waals surface area contributed by atoms with Gasteiger partial charge in [0.1, 0.15) is 6.10 Å². The molecule has 1 aromatic carbocycles. The molecule has 0 saturated heterocycles. The van der Waals surface area contributed by atoms with Crippen molar-refractivity contribution in [3.8, 4) is 0 Å². The molecule has 0 aliphatic carbocycles. The molecule has 182 valence electrons. The average Bonchev–Trinajstić information content (AvgIpc) is 2.76. The summed E-state index contributed by atoms with van der Waals surface area (Å²) in [5.74, 6) is -0.912. The highest BCUT2D eigenvalue weighted by Crippen LogP contribution is 2.19. The fraction of sp³-hybridized carbons (Fsp3) is 0.704. The van der Waals surface area contributed by atoms with Crippen LogP contribution in [0.2, 0.25) is 0 Å². The van der Waals surface area contributed by atoms with Gasteiger partial charge in [-0.1, -0.05) is 75.8 Å². The van der Waals surface area contributed by atoms with Crippen molar-refractivity contribution in [2.45, 2.75) is 123 Å². The third kappa shape index (κ3) is 15.9. The van der Waals surface area contributed by atoms with E-state index in [1.807, 2.05) is 18.2 Å². The molecule has 1 N–H and O–H groups in total. The van der Waals surface area contributed by atoms with Gasteiger partial charge < -0.3 is 14.6 Å². The van der Waals surface area contributed by atoms with Crippen LogP contribution in [0.4, 0.5) is 0 Å². The number of carboxylic acids is 1. The van der Waals surface area contributed by atoms with Gasteiger partial charge >= 0.3 is 11.9 Å². The van der Waals surface area contributed by atoms with Crippen molar-refractivity contribution < 1.29 is 24.2 Å². The minimum absolute atomic E-state index is 0.0732. The van der Waals surface area contributed by atoms with Gasteiger partial charge in [-0.05, 0) is 50.5 Å². The number of hydrogen-bond donors (Lipinski definition) is 1. The fourth-order valence-corrected chi connectivity index (χ4v) is 3.97. The lowest BCUT2D eigenvalue weighted by Crippen LogP contribution is -2.16. The summed E-state index contributed by atoms with van der Waals surface area (Å²) in [5, 5.41) is 8.91. The molecule has 0 saturated carbocycles. The maximum atomic E-state index is 11.3. The summed E-state index contributed by atoms with van der Waals surface area (Å²) < 4.78 is 11.6. The minimum Gasteiger partial charge on any atom is -0.481 e. The second-order valence-corrected chi connectivity index (χ2v) is 8.78. The average molecular weight is 449 g/mol. The monoisotopic (exact) mass is 448 g/mol. The van der Waals surface area contributed by atoms with E-state index in [4.69, 9.17) is 14.6 Å². The van der Waals surface area contributed by atoms with Gasteiger partial charge in [-0.2, -0.15) is 0 Å². The van der Waals surface area contributed by atoms with Crippen LogP contribution >= 0.6 is 0 Å². The molecule has 5 nitrogen and oxygen atoms in total. The molecule has 0 aromatic heterocycles. The largest absolute Gasteiger partial charge is 0.481 e. The molecule has 32 heavy (non-hydrogen) atoms. The highest BCUT2D eigenvalue weighted by Gasteiger charge is 2.12.